The van der Waals surface area contributed by atoms with Crippen LogP contribution >= 0.6 is 11.3 Å². The third kappa shape index (κ3) is 2.76. The summed E-state index contributed by atoms with van der Waals surface area (Å²) < 4.78 is 27.9. The minimum Gasteiger partial charge on any atom is -0.334 e. The van der Waals surface area contributed by atoms with Gasteiger partial charge in [0.25, 0.3) is 5.91 Å². The highest BCUT2D eigenvalue weighted by Crippen LogP contribution is 2.39. The van der Waals surface area contributed by atoms with Crippen molar-refractivity contribution in [2.24, 2.45) is 5.92 Å². The Kier molecular flexibility index (Phi) is 3.94. The van der Waals surface area contributed by atoms with Crippen LogP contribution in [0.4, 0.5) is 0 Å². The third-order valence-electron chi connectivity index (χ3n) is 4.87. The van der Waals surface area contributed by atoms with E-state index in [1.807, 2.05) is 21.7 Å². The van der Waals surface area contributed by atoms with Crippen LogP contribution in [-0.4, -0.2) is 37.9 Å². The van der Waals surface area contributed by atoms with Gasteiger partial charge in [0.1, 0.15) is 0 Å². The average Bonchev–Trinajstić information content (AvgIpc) is 3.31. The number of nitrogens with zero attached hydrogens (tertiary/aromatic N) is 1. The summed E-state index contributed by atoms with van der Waals surface area (Å²) in [5.74, 6) is 0.383. The normalized spacial score (nSPS) is 26.0. The maximum Gasteiger partial charge on any atom is 0.255 e. The molecule has 0 radical (unpaired) electrons. The van der Waals surface area contributed by atoms with Gasteiger partial charge in [-0.05, 0) is 42.3 Å². The van der Waals surface area contributed by atoms with E-state index in [0.29, 0.717) is 11.5 Å². The number of thiophene rings is 1. The summed E-state index contributed by atoms with van der Waals surface area (Å²) in [6.07, 6.45) is 1.67. The van der Waals surface area contributed by atoms with E-state index in [4.69, 9.17) is 0 Å². The van der Waals surface area contributed by atoms with Gasteiger partial charge in [0.05, 0.1) is 10.5 Å². The first-order valence-electron chi connectivity index (χ1n) is 7.95. The van der Waals surface area contributed by atoms with Crippen molar-refractivity contribution in [2.45, 2.75) is 29.8 Å². The summed E-state index contributed by atoms with van der Waals surface area (Å²) in [7, 11) is -3.55. The van der Waals surface area contributed by atoms with Crippen molar-refractivity contribution in [2.75, 3.05) is 6.54 Å². The van der Waals surface area contributed by atoms with Crippen molar-refractivity contribution in [3.8, 4) is 0 Å². The number of sulfonamides is 1. The Morgan fingerprint density at radius 1 is 1.17 bits per heavy atom. The van der Waals surface area contributed by atoms with E-state index in [9.17, 15) is 13.2 Å². The summed E-state index contributed by atoms with van der Waals surface area (Å²) in [4.78, 5) is 14.7. The molecule has 7 heteroatoms. The second-order valence-corrected chi connectivity index (χ2v) is 8.91. The van der Waals surface area contributed by atoms with Gasteiger partial charge in [-0.3, -0.25) is 4.79 Å². The van der Waals surface area contributed by atoms with E-state index < -0.39 is 10.0 Å². The van der Waals surface area contributed by atoms with Crippen LogP contribution in [0.5, 0.6) is 0 Å². The van der Waals surface area contributed by atoms with Gasteiger partial charge in [-0.15, -0.1) is 0 Å². The molecule has 24 heavy (non-hydrogen) atoms. The van der Waals surface area contributed by atoms with Gasteiger partial charge in [0, 0.05) is 24.0 Å². The lowest BCUT2D eigenvalue weighted by atomic mass is 10.1. The zero-order valence-electron chi connectivity index (χ0n) is 13.0. The van der Waals surface area contributed by atoms with Gasteiger partial charge < -0.3 is 4.90 Å². The molecule has 1 saturated heterocycles. The Hall–Kier alpha value is -1.70. The highest BCUT2D eigenvalue weighted by Gasteiger charge is 2.48. The maximum absolute atomic E-state index is 12.6. The number of nitrogens with one attached hydrogen (secondary N) is 1. The van der Waals surface area contributed by atoms with Gasteiger partial charge in [-0.1, -0.05) is 18.2 Å². The van der Waals surface area contributed by atoms with Crippen LogP contribution in [0.1, 0.15) is 23.2 Å². The van der Waals surface area contributed by atoms with Crippen LogP contribution in [0, 0.1) is 5.92 Å². The Bertz CT molecular complexity index is 834. The summed E-state index contributed by atoms with van der Waals surface area (Å²) in [5, 5.41) is 3.73. The van der Waals surface area contributed by atoms with Crippen molar-refractivity contribution in [1.29, 1.82) is 0 Å². The number of carbonyl (C=O) groups excluding carboxylic acids is 1. The lowest BCUT2D eigenvalue weighted by molar-refractivity contribution is 0.0678. The second-order valence-electron chi connectivity index (χ2n) is 6.42. The molecule has 1 aliphatic carbocycles. The fraction of sp³-hybridized carbons (Fsp3) is 0.353. The van der Waals surface area contributed by atoms with Gasteiger partial charge in [0.2, 0.25) is 10.0 Å². The fourth-order valence-corrected chi connectivity index (χ4v) is 5.74. The Morgan fingerprint density at radius 2 is 1.96 bits per heavy atom. The number of hydrogen-bond donors (Lipinski definition) is 1. The standard InChI is InChI=1S/C17H18N2O3S2/c20-17(13-6-7-23-11-13)19-10-12-8-15(16(19)9-12)18-24(21,22)14-4-2-1-3-5-14/h1-7,11-12,15-16,18H,8-10H2. The highest BCUT2D eigenvalue weighted by molar-refractivity contribution is 7.89. The van der Waals surface area contributed by atoms with Crippen molar-refractivity contribution >= 4 is 27.3 Å². The first-order chi connectivity index (χ1) is 11.5. The summed E-state index contributed by atoms with van der Waals surface area (Å²) >= 11 is 1.50. The van der Waals surface area contributed by atoms with Crippen LogP contribution in [0.15, 0.2) is 52.1 Å². The molecule has 2 fully saturated rings. The van der Waals surface area contributed by atoms with E-state index in [0.717, 1.165) is 19.4 Å². The molecule has 2 aromatic rings. The zero-order valence-corrected chi connectivity index (χ0v) is 14.6. The van der Waals surface area contributed by atoms with Gasteiger partial charge in [0.15, 0.2) is 0 Å². The van der Waals surface area contributed by atoms with Crippen LogP contribution in [-0.2, 0) is 10.0 Å². The molecule has 1 aliphatic heterocycles. The molecular formula is C17H18N2O3S2. The largest absolute Gasteiger partial charge is 0.334 e. The maximum atomic E-state index is 12.6. The van der Waals surface area contributed by atoms with Gasteiger partial charge >= 0.3 is 0 Å². The predicted octanol–water partition coefficient (Wildman–Crippen LogP) is 2.33. The van der Waals surface area contributed by atoms with Crippen molar-refractivity contribution in [3.63, 3.8) is 0 Å². The number of carbonyl (C=O) groups is 1. The van der Waals surface area contributed by atoms with Crippen LogP contribution in [0.2, 0.25) is 0 Å². The van der Waals surface area contributed by atoms with Crippen molar-refractivity contribution < 1.29 is 13.2 Å². The predicted molar refractivity (Wildman–Crippen MR) is 92.4 cm³/mol. The van der Waals surface area contributed by atoms with Crippen LogP contribution in [0.3, 0.4) is 0 Å². The van der Waals surface area contributed by atoms with Gasteiger partial charge in [-0.25, -0.2) is 13.1 Å². The number of hydrogen-bond acceptors (Lipinski definition) is 4. The van der Waals surface area contributed by atoms with Crippen molar-refractivity contribution in [1.82, 2.24) is 9.62 Å². The smallest absolute Gasteiger partial charge is 0.255 e. The van der Waals surface area contributed by atoms with E-state index in [1.54, 1.807) is 30.3 Å². The van der Waals surface area contributed by atoms with Gasteiger partial charge in [-0.2, -0.15) is 11.3 Å². The van der Waals surface area contributed by atoms with E-state index in [1.165, 1.54) is 11.3 Å². The molecule has 4 rings (SSSR count). The molecule has 2 aliphatic rings. The molecule has 3 unspecified atom stereocenters. The zero-order chi connectivity index (χ0) is 16.7. The first-order valence-corrected chi connectivity index (χ1v) is 10.4. The monoisotopic (exact) mass is 362 g/mol. The number of amides is 1. The molecule has 1 amide bonds. The first kappa shape index (κ1) is 15.8. The van der Waals surface area contributed by atoms with Crippen molar-refractivity contribution in [3.05, 3.63) is 52.7 Å². The lowest BCUT2D eigenvalue weighted by Gasteiger charge is -2.33. The second kappa shape index (κ2) is 5.98. The SMILES string of the molecule is O=C(c1ccsc1)N1CC2CC(NS(=O)(=O)c3ccccc3)C1C2. The molecule has 2 bridgehead atoms. The number of benzene rings is 1. The molecule has 1 aromatic carbocycles. The van der Waals surface area contributed by atoms with E-state index in [2.05, 4.69) is 4.72 Å². The van der Waals surface area contributed by atoms with Crippen LogP contribution < -0.4 is 4.72 Å². The molecule has 2 heterocycles. The third-order valence-corrected chi connectivity index (χ3v) is 7.06. The highest BCUT2D eigenvalue weighted by atomic mass is 32.2. The number of piperidine rings is 1. The molecule has 5 nitrogen and oxygen atoms in total. The molecule has 1 aromatic heterocycles. The molecule has 1 saturated carbocycles. The Labute approximate surface area is 145 Å². The average molecular weight is 362 g/mol. The van der Waals surface area contributed by atoms with E-state index >= 15 is 0 Å². The Balaban J connectivity index is 1.53. The quantitative estimate of drug-likeness (QED) is 0.908. The lowest BCUT2D eigenvalue weighted by Crippen LogP contribution is -2.51. The number of likely N-dealkylation sites (tertiary alicyclic amines) is 1. The topological polar surface area (TPSA) is 66.5 Å². The minimum atomic E-state index is -3.55. The number of rotatable bonds is 4. The minimum absolute atomic E-state index is 0.00681. The molecule has 126 valence electrons. The molecular weight excluding hydrogens is 344 g/mol. The van der Waals surface area contributed by atoms with Crippen LogP contribution in [0.25, 0.3) is 0 Å². The number of fused-ring (bicyclic) bond motifs is 2. The summed E-state index contributed by atoms with van der Waals surface area (Å²) in [5.41, 5.74) is 0.692. The Morgan fingerprint density at radius 3 is 2.62 bits per heavy atom. The summed E-state index contributed by atoms with van der Waals surface area (Å²) in [6.45, 7) is 0.725. The molecule has 3 atom stereocenters. The summed E-state index contributed by atoms with van der Waals surface area (Å²) in [6, 6.07) is 9.94. The molecule has 0 spiro atoms. The van der Waals surface area contributed by atoms with E-state index in [-0.39, 0.29) is 22.9 Å². The molecule has 1 N–H and O–H groups in total. The fourth-order valence-electron chi connectivity index (χ4n) is 3.80.